The van der Waals surface area contributed by atoms with E-state index in [0.29, 0.717) is 28.3 Å². The van der Waals surface area contributed by atoms with E-state index >= 15 is 0 Å². The number of halogens is 3. The number of fused-ring (bicyclic) bond motifs is 1. The zero-order chi connectivity index (χ0) is 19.8. The Morgan fingerprint density at radius 2 is 1.89 bits per heavy atom. The van der Waals surface area contributed by atoms with Crippen LogP contribution in [0.2, 0.25) is 10.0 Å². The molecule has 0 fully saturated rings. The van der Waals surface area contributed by atoms with Gasteiger partial charge in [0.2, 0.25) is 0 Å². The average Bonchev–Trinajstić information content (AvgIpc) is 3.09. The molecule has 0 unspecified atom stereocenters. The Labute approximate surface area is 168 Å². The lowest BCUT2D eigenvalue weighted by Crippen LogP contribution is -1.98. The third kappa shape index (κ3) is 3.22. The minimum absolute atomic E-state index is 0.0831. The van der Waals surface area contributed by atoms with Crippen molar-refractivity contribution in [3.8, 4) is 11.8 Å². The normalized spacial score (nSPS) is 10.8. The van der Waals surface area contributed by atoms with Gasteiger partial charge in [0.25, 0.3) is 0 Å². The number of hydrogen-bond donors (Lipinski definition) is 1. The van der Waals surface area contributed by atoms with E-state index in [-0.39, 0.29) is 15.6 Å². The fraction of sp³-hybridized carbons (Fsp3) is 0.0556. The van der Waals surface area contributed by atoms with Gasteiger partial charge >= 0.3 is 0 Å². The van der Waals surface area contributed by atoms with Crippen LogP contribution < -0.4 is 5.32 Å². The number of nitrogens with zero attached hydrogens (tertiary/aromatic N) is 6. The van der Waals surface area contributed by atoms with E-state index in [2.05, 4.69) is 25.4 Å². The lowest BCUT2D eigenvalue weighted by molar-refractivity contribution is 0.629. The van der Waals surface area contributed by atoms with Crippen LogP contribution in [0, 0.1) is 24.1 Å². The molecular weight excluding hydrogens is 404 g/mol. The SMILES string of the molecule is Cc1cc(Nc2ncc(F)c3nn(-c4c(Cl)cc(C#N)cc4Cl)cc23)ncn1. The predicted molar refractivity (Wildman–Crippen MR) is 104 cm³/mol. The third-order valence-corrected chi connectivity index (χ3v) is 4.50. The number of benzene rings is 1. The number of nitriles is 1. The monoisotopic (exact) mass is 413 g/mol. The Morgan fingerprint density at radius 3 is 2.57 bits per heavy atom. The molecule has 3 aromatic heterocycles. The largest absolute Gasteiger partial charge is 0.324 e. The van der Waals surface area contributed by atoms with Crippen molar-refractivity contribution in [2.45, 2.75) is 6.92 Å². The number of pyridine rings is 1. The highest BCUT2D eigenvalue weighted by Crippen LogP contribution is 2.32. The van der Waals surface area contributed by atoms with Crippen molar-refractivity contribution in [3.63, 3.8) is 0 Å². The first-order chi connectivity index (χ1) is 13.5. The minimum Gasteiger partial charge on any atom is -0.324 e. The van der Waals surface area contributed by atoms with Gasteiger partial charge < -0.3 is 5.32 Å². The van der Waals surface area contributed by atoms with Crippen LogP contribution in [0.5, 0.6) is 0 Å². The maximum Gasteiger partial charge on any atom is 0.169 e. The number of nitrogens with one attached hydrogen (secondary N) is 1. The molecule has 0 saturated carbocycles. The van der Waals surface area contributed by atoms with Crippen LogP contribution in [0.4, 0.5) is 16.0 Å². The minimum atomic E-state index is -0.598. The van der Waals surface area contributed by atoms with Crippen molar-refractivity contribution in [3.05, 3.63) is 64.0 Å². The highest BCUT2D eigenvalue weighted by Gasteiger charge is 2.17. The number of rotatable bonds is 3. The van der Waals surface area contributed by atoms with Crippen LogP contribution in [0.3, 0.4) is 0 Å². The molecule has 0 atom stereocenters. The molecular formula is C18H10Cl2FN7. The molecule has 1 N–H and O–H groups in total. The summed E-state index contributed by atoms with van der Waals surface area (Å²) in [5, 5.41) is 17.2. The van der Waals surface area contributed by atoms with Gasteiger partial charge in [0.1, 0.15) is 29.2 Å². The van der Waals surface area contributed by atoms with Gasteiger partial charge in [0, 0.05) is 18.0 Å². The number of hydrogen-bond acceptors (Lipinski definition) is 6. The van der Waals surface area contributed by atoms with Crippen molar-refractivity contribution >= 4 is 45.7 Å². The maximum absolute atomic E-state index is 14.3. The van der Waals surface area contributed by atoms with Crippen molar-refractivity contribution in [2.75, 3.05) is 5.32 Å². The lowest BCUT2D eigenvalue weighted by Gasteiger charge is -2.07. The van der Waals surface area contributed by atoms with E-state index in [0.717, 1.165) is 11.9 Å². The summed E-state index contributed by atoms with van der Waals surface area (Å²) in [5.41, 5.74) is 1.49. The van der Waals surface area contributed by atoms with Gasteiger partial charge in [-0.1, -0.05) is 23.2 Å². The molecule has 138 valence electrons. The van der Waals surface area contributed by atoms with Crippen molar-refractivity contribution in [2.24, 2.45) is 0 Å². The second-order valence-electron chi connectivity index (χ2n) is 5.86. The van der Waals surface area contributed by atoms with E-state index in [1.54, 1.807) is 12.3 Å². The average molecular weight is 414 g/mol. The van der Waals surface area contributed by atoms with Gasteiger partial charge in [-0.05, 0) is 19.1 Å². The van der Waals surface area contributed by atoms with Crippen molar-refractivity contribution < 1.29 is 4.39 Å². The number of aryl methyl sites for hydroxylation is 1. The molecule has 0 radical (unpaired) electrons. The van der Waals surface area contributed by atoms with Gasteiger partial charge in [-0.3, -0.25) is 0 Å². The van der Waals surface area contributed by atoms with E-state index in [1.165, 1.54) is 23.1 Å². The van der Waals surface area contributed by atoms with Gasteiger partial charge in [-0.2, -0.15) is 10.4 Å². The maximum atomic E-state index is 14.3. The summed E-state index contributed by atoms with van der Waals surface area (Å²) < 4.78 is 15.7. The summed E-state index contributed by atoms with van der Waals surface area (Å²) in [6.07, 6.45) is 4.04. The topological polar surface area (TPSA) is 92.3 Å². The molecule has 3 heterocycles. The molecule has 1 aromatic carbocycles. The Bertz CT molecular complexity index is 1240. The van der Waals surface area contributed by atoms with Gasteiger partial charge in [0.05, 0.1) is 33.3 Å². The lowest BCUT2D eigenvalue weighted by atomic mass is 10.2. The zero-order valence-corrected chi connectivity index (χ0v) is 15.8. The van der Waals surface area contributed by atoms with Gasteiger partial charge in [-0.25, -0.2) is 24.0 Å². The van der Waals surface area contributed by atoms with Crippen molar-refractivity contribution in [1.82, 2.24) is 24.7 Å². The van der Waals surface area contributed by atoms with Crippen LogP contribution in [0.15, 0.2) is 36.9 Å². The highest BCUT2D eigenvalue weighted by atomic mass is 35.5. The summed E-state index contributed by atoms with van der Waals surface area (Å²) in [7, 11) is 0. The van der Waals surface area contributed by atoms with Crippen molar-refractivity contribution in [1.29, 1.82) is 5.26 Å². The fourth-order valence-electron chi connectivity index (χ4n) is 2.68. The first kappa shape index (κ1) is 18.1. The van der Waals surface area contributed by atoms with Crippen LogP contribution in [0.25, 0.3) is 16.6 Å². The molecule has 7 nitrogen and oxygen atoms in total. The predicted octanol–water partition coefficient (Wildman–Crippen LogP) is 4.58. The smallest absolute Gasteiger partial charge is 0.169 e. The second-order valence-corrected chi connectivity index (χ2v) is 6.68. The molecule has 0 aliphatic rings. The van der Waals surface area contributed by atoms with Gasteiger partial charge in [-0.15, -0.1) is 0 Å². The van der Waals surface area contributed by atoms with Crippen LogP contribution in [-0.4, -0.2) is 24.7 Å². The summed E-state index contributed by atoms with van der Waals surface area (Å²) >= 11 is 12.5. The molecule has 4 rings (SSSR count). The molecule has 0 bridgehead atoms. The molecule has 10 heteroatoms. The Hall–Kier alpha value is -3.28. The summed E-state index contributed by atoms with van der Waals surface area (Å²) in [6.45, 7) is 1.83. The molecule has 4 aromatic rings. The Balaban J connectivity index is 1.86. The Kier molecular flexibility index (Phi) is 4.55. The van der Waals surface area contributed by atoms with E-state index in [1.807, 2.05) is 13.0 Å². The molecule has 0 aliphatic heterocycles. The van der Waals surface area contributed by atoms with E-state index in [9.17, 15) is 4.39 Å². The van der Waals surface area contributed by atoms with Gasteiger partial charge in [0.15, 0.2) is 5.82 Å². The summed E-state index contributed by atoms with van der Waals surface area (Å²) in [4.78, 5) is 12.3. The van der Waals surface area contributed by atoms with Crippen LogP contribution in [-0.2, 0) is 0 Å². The standard InChI is InChI=1S/C18H10Cl2FN7/c1-9-2-15(25-8-24-9)26-18-11-7-28(27-16(11)14(21)6-23-18)17-12(19)3-10(5-22)4-13(17)20/h2-4,6-8H,1H3,(H,23,24,25,26). The van der Waals surface area contributed by atoms with Crippen LogP contribution in [0.1, 0.15) is 11.3 Å². The summed E-state index contributed by atoms with van der Waals surface area (Å²) in [6, 6.07) is 6.63. The number of anilines is 2. The first-order valence-corrected chi connectivity index (χ1v) is 8.71. The highest BCUT2D eigenvalue weighted by molar-refractivity contribution is 6.38. The molecule has 0 saturated heterocycles. The molecule has 0 amide bonds. The second kappa shape index (κ2) is 7.03. The van der Waals surface area contributed by atoms with Crippen LogP contribution >= 0.6 is 23.2 Å². The summed E-state index contributed by atoms with van der Waals surface area (Å²) in [5.74, 6) is 0.274. The number of aromatic nitrogens is 5. The third-order valence-electron chi connectivity index (χ3n) is 3.93. The Morgan fingerprint density at radius 1 is 1.14 bits per heavy atom. The zero-order valence-electron chi connectivity index (χ0n) is 14.3. The quantitative estimate of drug-likeness (QED) is 0.528. The first-order valence-electron chi connectivity index (χ1n) is 7.95. The fourth-order valence-corrected chi connectivity index (χ4v) is 3.34. The molecule has 0 spiro atoms. The molecule has 0 aliphatic carbocycles. The molecule has 28 heavy (non-hydrogen) atoms. The van der Waals surface area contributed by atoms with E-state index < -0.39 is 5.82 Å². The van der Waals surface area contributed by atoms with E-state index in [4.69, 9.17) is 28.5 Å².